The van der Waals surface area contributed by atoms with E-state index in [4.69, 9.17) is 9.84 Å². The molecule has 0 aromatic rings. The number of carboxylic acids is 1. The predicted molar refractivity (Wildman–Crippen MR) is 68.6 cm³/mol. The lowest BCUT2D eigenvalue weighted by Crippen LogP contribution is -2.49. The van der Waals surface area contributed by atoms with Crippen molar-refractivity contribution in [2.45, 2.75) is 45.2 Å². The standard InChI is InChI=1S/C12H24N2O4/c1-5-9(6-2)14(3)12(17)13-10(11(15)16)7-8-18-4/h9-10H,5-8H2,1-4H3,(H,13,17)(H,15,16). The molecule has 0 aromatic carbocycles. The van der Waals surface area contributed by atoms with Gasteiger partial charge in [-0.05, 0) is 12.8 Å². The molecule has 6 heteroatoms. The number of ether oxygens (including phenoxy) is 1. The van der Waals surface area contributed by atoms with Gasteiger partial charge in [-0.3, -0.25) is 0 Å². The molecule has 0 aliphatic rings. The highest BCUT2D eigenvalue weighted by molar-refractivity contribution is 5.82. The lowest BCUT2D eigenvalue weighted by Gasteiger charge is -2.28. The second kappa shape index (κ2) is 8.74. The Bertz CT molecular complexity index is 267. The van der Waals surface area contributed by atoms with Gasteiger partial charge in [-0.1, -0.05) is 13.8 Å². The van der Waals surface area contributed by atoms with Crippen molar-refractivity contribution in [3.63, 3.8) is 0 Å². The Morgan fingerprint density at radius 2 is 1.89 bits per heavy atom. The summed E-state index contributed by atoms with van der Waals surface area (Å²) in [4.78, 5) is 24.4. The maximum absolute atomic E-state index is 11.9. The van der Waals surface area contributed by atoms with Gasteiger partial charge in [0.25, 0.3) is 0 Å². The van der Waals surface area contributed by atoms with E-state index in [0.717, 1.165) is 12.8 Å². The number of carboxylic acid groups (broad SMARTS) is 1. The fourth-order valence-corrected chi connectivity index (χ4v) is 1.75. The zero-order chi connectivity index (χ0) is 14.1. The number of amides is 2. The van der Waals surface area contributed by atoms with Crippen LogP contribution < -0.4 is 5.32 Å². The van der Waals surface area contributed by atoms with E-state index >= 15 is 0 Å². The van der Waals surface area contributed by atoms with E-state index in [0.29, 0.717) is 6.61 Å². The van der Waals surface area contributed by atoms with E-state index in [1.54, 1.807) is 11.9 Å². The van der Waals surface area contributed by atoms with Crippen molar-refractivity contribution in [1.29, 1.82) is 0 Å². The number of aliphatic carboxylic acids is 1. The number of methoxy groups -OCH3 is 1. The van der Waals surface area contributed by atoms with Crippen LogP contribution >= 0.6 is 0 Å². The van der Waals surface area contributed by atoms with Crippen molar-refractivity contribution in [1.82, 2.24) is 10.2 Å². The Hall–Kier alpha value is -1.30. The zero-order valence-electron chi connectivity index (χ0n) is 11.6. The molecule has 0 aromatic heterocycles. The topological polar surface area (TPSA) is 78.9 Å². The molecule has 1 atom stereocenters. The number of hydrogen-bond acceptors (Lipinski definition) is 3. The highest BCUT2D eigenvalue weighted by atomic mass is 16.5. The summed E-state index contributed by atoms with van der Waals surface area (Å²) >= 11 is 0. The third-order valence-electron chi connectivity index (χ3n) is 3.02. The summed E-state index contributed by atoms with van der Waals surface area (Å²) in [5.41, 5.74) is 0. The Labute approximate surface area is 108 Å². The first-order valence-electron chi connectivity index (χ1n) is 6.22. The number of carbonyl (C=O) groups excluding carboxylic acids is 1. The molecule has 0 radical (unpaired) electrons. The first kappa shape index (κ1) is 16.7. The minimum atomic E-state index is -1.04. The summed E-state index contributed by atoms with van der Waals surface area (Å²) in [5.74, 6) is -1.04. The Morgan fingerprint density at radius 1 is 1.33 bits per heavy atom. The van der Waals surface area contributed by atoms with Crippen LogP contribution in [0.15, 0.2) is 0 Å². The number of carbonyl (C=O) groups is 2. The zero-order valence-corrected chi connectivity index (χ0v) is 11.6. The second-order valence-corrected chi connectivity index (χ2v) is 4.20. The molecule has 2 N–H and O–H groups in total. The third-order valence-corrected chi connectivity index (χ3v) is 3.02. The first-order valence-corrected chi connectivity index (χ1v) is 6.22. The average molecular weight is 260 g/mol. The molecular weight excluding hydrogens is 236 g/mol. The quantitative estimate of drug-likeness (QED) is 0.689. The lowest BCUT2D eigenvalue weighted by atomic mass is 10.1. The smallest absolute Gasteiger partial charge is 0.326 e. The van der Waals surface area contributed by atoms with Crippen molar-refractivity contribution < 1.29 is 19.4 Å². The Morgan fingerprint density at radius 3 is 2.28 bits per heavy atom. The van der Waals surface area contributed by atoms with Gasteiger partial charge in [0.15, 0.2) is 0 Å². The molecule has 2 amide bonds. The van der Waals surface area contributed by atoms with Crippen LogP contribution in [0.4, 0.5) is 4.79 Å². The molecule has 0 rings (SSSR count). The highest BCUT2D eigenvalue weighted by Crippen LogP contribution is 2.06. The van der Waals surface area contributed by atoms with Gasteiger partial charge >= 0.3 is 12.0 Å². The van der Waals surface area contributed by atoms with Gasteiger partial charge in [0.1, 0.15) is 6.04 Å². The lowest BCUT2D eigenvalue weighted by molar-refractivity contribution is -0.139. The maximum atomic E-state index is 11.9. The van der Waals surface area contributed by atoms with Crippen molar-refractivity contribution in [2.75, 3.05) is 20.8 Å². The number of urea groups is 1. The fraction of sp³-hybridized carbons (Fsp3) is 0.833. The monoisotopic (exact) mass is 260 g/mol. The Balaban J connectivity index is 4.44. The van der Waals surface area contributed by atoms with Crippen LogP contribution in [-0.4, -0.2) is 54.9 Å². The van der Waals surface area contributed by atoms with E-state index in [9.17, 15) is 9.59 Å². The van der Waals surface area contributed by atoms with Crippen molar-refractivity contribution >= 4 is 12.0 Å². The van der Waals surface area contributed by atoms with Gasteiger partial charge in [-0.2, -0.15) is 0 Å². The summed E-state index contributed by atoms with van der Waals surface area (Å²) in [6.45, 7) is 4.29. The van der Waals surface area contributed by atoms with Crippen LogP contribution in [0.1, 0.15) is 33.1 Å². The number of nitrogens with one attached hydrogen (secondary N) is 1. The molecule has 0 aliphatic heterocycles. The maximum Gasteiger partial charge on any atom is 0.326 e. The minimum Gasteiger partial charge on any atom is -0.480 e. The summed E-state index contributed by atoms with van der Waals surface area (Å²) in [7, 11) is 3.18. The minimum absolute atomic E-state index is 0.127. The van der Waals surface area contributed by atoms with E-state index in [-0.39, 0.29) is 18.5 Å². The summed E-state index contributed by atoms with van der Waals surface area (Å²) in [5, 5.41) is 11.5. The van der Waals surface area contributed by atoms with Crippen molar-refractivity contribution in [2.24, 2.45) is 0 Å². The summed E-state index contributed by atoms with van der Waals surface area (Å²) in [6, 6.07) is -1.14. The van der Waals surface area contributed by atoms with Crippen LogP contribution in [0.2, 0.25) is 0 Å². The fourth-order valence-electron chi connectivity index (χ4n) is 1.75. The molecular formula is C12H24N2O4. The molecule has 6 nitrogen and oxygen atoms in total. The molecule has 1 unspecified atom stereocenters. The van der Waals surface area contributed by atoms with E-state index < -0.39 is 12.0 Å². The van der Waals surface area contributed by atoms with E-state index in [2.05, 4.69) is 5.32 Å². The molecule has 0 heterocycles. The average Bonchev–Trinajstić information content (AvgIpc) is 2.35. The second-order valence-electron chi connectivity index (χ2n) is 4.20. The molecule has 0 saturated heterocycles. The van der Waals surface area contributed by atoms with Gasteiger partial charge < -0.3 is 20.1 Å². The van der Waals surface area contributed by atoms with Crippen LogP contribution in [0, 0.1) is 0 Å². The van der Waals surface area contributed by atoms with Gasteiger partial charge in [0, 0.05) is 33.2 Å². The Kier molecular flexibility index (Phi) is 8.11. The molecule has 0 aliphatic carbocycles. The molecule has 0 spiro atoms. The van der Waals surface area contributed by atoms with Crippen LogP contribution in [0.25, 0.3) is 0 Å². The normalized spacial score (nSPS) is 12.3. The van der Waals surface area contributed by atoms with Crippen molar-refractivity contribution in [3.8, 4) is 0 Å². The van der Waals surface area contributed by atoms with Gasteiger partial charge in [0.05, 0.1) is 0 Å². The molecule has 18 heavy (non-hydrogen) atoms. The number of hydrogen-bond donors (Lipinski definition) is 2. The van der Waals surface area contributed by atoms with Gasteiger partial charge in [-0.25, -0.2) is 9.59 Å². The van der Waals surface area contributed by atoms with Gasteiger partial charge in [0.2, 0.25) is 0 Å². The summed E-state index contributed by atoms with van der Waals surface area (Å²) in [6.07, 6.45) is 1.95. The predicted octanol–water partition coefficient (Wildman–Crippen LogP) is 1.31. The largest absolute Gasteiger partial charge is 0.480 e. The highest BCUT2D eigenvalue weighted by Gasteiger charge is 2.23. The number of nitrogens with zero attached hydrogens (tertiary/aromatic N) is 1. The molecule has 0 bridgehead atoms. The van der Waals surface area contributed by atoms with Crippen molar-refractivity contribution in [3.05, 3.63) is 0 Å². The first-order chi connectivity index (χ1) is 8.47. The third kappa shape index (κ3) is 5.35. The van der Waals surface area contributed by atoms with E-state index in [1.165, 1.54) is 7.11 Å². The molecule has 106 valence electrons. The van der Waals surface area contributed by atoms with Gasteiger partial charge in [-0.15, -0.1) is 0 Å². The summed E-state index contributed by atoms with van der Waals surface area (Å²) < 4.78 is 4.83. The van der Waals surface area contributed by atoms with Crippen LogP contribution in [0.5, 0.6) is 0 Å². The number of rotatable bonds is 8. The van der Waals surface area contributed by atoms with Crippen LogP contribution in [-0.2, 0) is 9.53 Å². The molecule has 0 saturated carbocycles. The molecule has 0 fully saturated rings. The SMILES string of the molecule is CCC(CC)N(C)C(=O)NC(CCOC)C(=O)O. The van der Waals surface area contributed by atoms with E-state index in [1.807, 2.05) is 13.8 Å². The van der Waals surface area contributed by atoms with Crippen LogP contribution in [0.3, 0.4) is 0 Å².